The SMILES string of the molecule is CC1(Oc2ccc(N)c(C(=N)c3cc(N4CCN(C(=O)C5CCCO5)CC4)ncn3)c2)CC1. The molecular formula is C24H30N6O3. The van der Waals surface area contributed by atoms with Gasteiger partial charge in [0, 0.05) is 50.1 Å². The van der Waals surface area contributed by atoms with Crippen molar-refractivity contribution in [1.29, 1.82) is 5.41 Å². The van der Waals surface area contributed by atoms with Crippen molar-refractivity contribution < 1.29 is 14.3 Å². The zero-order valence-electron chi connectivity index (χ0n) is 18.9. The highest BCUT2D eigenvalue weighted by molar-refractivity contribution is 6.13. The Bertz CT molecular complexity index is 1060. The summed E-state index contributed by atoms with van der Waals surface area (Å²) >= 11 is 0. The molecular weight excluding hydrogens is 420 g/mol. The molecule has 9 heteroatoms. The standard InChI is InChI=1S/C24H30N6O3/c1-24(6-7-24)33-16-4-5-18(25)17(13-16)22(26)19-14-21(28-15-27-19)29-8-10-30(11-9-29)23(31)20-3-2-12-32-20/h4-5,13-15,20,26H,2-3,6-12,25H2,1H3. The molecule has 0 radical (unpaired) electrons. The molecule has 1 unspecified atom stereocenters. The Morgan fingerprint density at radius 2 is 2.00 bits per heavy atom. The Balaban J connectivity index is 1.27. The van der Waals surface area contributed by atoms with Gasteiger partial charge >= 0.3 is 0 Å². The van der Waals surface area contributed by atoms with Crippen molar-refractivity contribution in [2.45, 2.75) is 44.3 Å². The largest absolute Gasteiger partial charge is 0.488 e. The van der Waals surface area contributed by atoms with Crippen molar-refractivity contribution in [1.82, 2.24) is 14.9 Å². The average molecular weight is 451 g/mol. The number of amides is 1. The molecule has 1 aliphatic carbocycles. The molecule has 174 valence electrons. The molecule has 3 fully saturated rings. The minimum atomic E-state index is -0.282. The van der Waals surface area contributed by atoms with Crippen molar-refractivity contribution in [3.8, 4) is 5.75 Å². The number of benzene rings is 1. The van der Waals surface area contributed by atoms with Gasteiger partial charge in [0.2, 0.25) is 0 Å². The third-order valence-electron chi connectivity index (χ3n) is 6.64. The second-order valence-corrected chi connectivity index (χ2v) is 9.25. The maximum atomic E-state index is 12.6. The molecule has 2 saturated heterocycles. The molecule has 9 nitrogen and oxygen atoms in total. The average Bonchev–Trinajstić information content (AvgIpc) is 3.32. The van der Waals surface area contributed by atoms with E-state index in [1.807, 2.05) is 23.1 Å². The molecule has 1 aromatic carbocycles. The molecule has 2 aliphatic heterocycles. The number of piperazine rings is 1. The van der Waals surface area contributed by atoms with Crippen LogP contribution in [0.4, 0.5) is 11.5 Å². The summed E-state index contributed by atoms with van der Waals surface area (Å²) in [5.74, 6) is 1.55. The van der Waals surface area contributed by atoms with Gasteiger partial charge in [-0.2, -0.15) is 0 Å². The van der Waals surface area contributed by atoms with Gasteiger partial charge in [0.05, 0.1) is 11.4 Å². The summed E-state index contributed by atoms with van der Waals surface area (Å²) in [4.78, 5) is 25.3. The number of hydrogen-bond donors (Lipinski definition) is 2. The fourth-order valence-electron chi connectivity index (χ4n) is 4.30. The molecule has 1 aromatic heterocycles. The van der Waals surface area contributed by atoms with E-state index in [1.54, 1.807) is 6.07 Å². The number of carbonyl (C=O) groups is 1. The van der Waals surface area contributed by atoms with Gasteiger partial charge in [-0.1, -0.05) is 0 Å². The predicted octanol–water partition coefficient (Wildman–Crippen LogP) is 2.23. The van der Waals surface area contributed by atoms with Crippen molar-refractivity contribution in [3.05, 3.63) is 41.9 Å². The Morgan fingerprint density at radius 1 is 1.21 bits per heavy atom. The Hall–Kier alpha value is -3.20. The lowest BCUT2D eigenvalue weighted by atomic mass is 10.0. The number of nitrogens with one attached hydrogen (secondary N) is 1. The molecule has 33 heavy (non-hydrogen) atoms. The summed E-state index contributed by atoms with van der Waals surface area (Å²) in [6.07, 6.45) is 5.02. The van der Waals surface area contributed by atoms with Gasteiger partial charge in [0.15, 0.2) is 0 Å². The summed E-state index contributed by atoms with van der Waals surface area (Å²) < 4.78 is 11.6. The number of carbonyl (C=O) groups excluding carboxylic acids is 1. The van der Waals surface area contributed by atoms with Crippen LogP contribution in [0.15, 0.2) is 30.6 Å². The van der Waals surface area contributed by atoms with E-state index in [0.717, 1.165) is 31.5 Å². The van der Waals surface area contributed by atoms with Gasteiger partial charge in [0.1, 0.15) is 29.6 Å². The minimum absolute atomic E-state index is 0.0925. The zero-order valence-corrected chi connectivity index (χ0v) is 18.9. The van der Waals surface area contributed by atoms with Gasteiger partial charge < -0.3 is 25.0 Å². The lowest BCUT2D eigenvalue weighted by molar-refractivity contribution is -0.141. The minimum Gasteiger partial charge on any atom is -0.488 e. The van der Waals surface area contributed by atoms with Gasteiger partial charge in [-0.3, -0.25) is 10.2 Å². The van der Waals surface area contributed by atoms with E-state index >= 15 is 0 Å². The van der Waals surface area contributed by atoms with Crippen LogP contribution in [0.5, 0.6) is 5.75 Å². The van der Waals surface area contributed by atoms with Crippen LogP contribution in [-0.2, 0) is 9.53 Å². The van der Waals surface area contributed by atoms with Gasteiger partial charge in [0.25, 0.3) is 5.91 Å². The van der Waals surface area contributed by atoms with E-state index in [1.165, 1.54) is 6.33 Å². The summed E-state index contributed by atoms with van der Waals surface area (Å²) in [5, 5.41) is 8.74. The molecule has 1 amide bonds. The number of anilines is 2. The number of nitrogens with zero attached hydrogens (tertiary/aromatic N) is 4. The van der Waals surface area contributed by atoms with Crippen LogP contribution in [0.3, 0.4) is 0 Å². The third kappa shape index (κ3) is 4.64. The van der Waals surface area contributed by atoms with Gasteiger partial charge in [-0.05, 0) is 50.8 Å². The van der Waals surface area contributed by atoms with E-state index in [4.69, 9.17) is 20.6 Å². The molecule has 1 atom stereocenters. The summed E-state index contributed by atoms with van der Waals surface area (Å²) in [6.45, 7) is 5.35. The molecule has 2 aromatic rings. The van der Waals surface area contributed by atoms with Crippen LogP contribution < -0.4 is 15.4 Å². The van der Waals surface area contributed by atoms with Crippen LogP contribution in [-0.4, -0.2) is 71.0 Å². The van der Waals surface area contributed by atoms with E-state index in [2.05, 4.69) is 21.8 Å². The highest BCUT2D eigenvalue weighted by Crippen LogP contribution is 2.40. The summed E-state index contributed by atoms with van der Waals surface area (Å²) in [6, 6.07) is 7.25. The van der Waals surface area contributed by atoms with Crippen LogP contribution in [0.1, 0.15) is 43.9 Å². The van der Waals surface area contributed by atoms with E-state index < -0.39 is 0 Å². The maximum Gasteiger partial charge on any atom is 0.251 e. The topological polar surface area (TPSA) is 118 Å². The summed E-state index contributed by atoms with van der Waals surface area (Å²) in [7, 11) is 0. The van der Waals surface area contributed by atoms with Gasteiger partial charge in [-0.15, -0.1) is 0 Å². The smallest absolute Gasteiger partial charge is 0.251 e. The maximum absolute atomic E-state index is 12.6. The number of hydrogen-bond acceptors (Lipinski definition) is 8. The first-order valence-corrected chi connectivity index (χ1v) is 11.6. The van der Waals surface area contributed by atoms with Crippen molar-refractivity contribution >= 4 is 23.1 Å². The molecule has 3 aliphatic rings. The first kappa shape index (κ1) is 21.6. The Kier molecular flexibility index (Phi) is 5.65. The Labute approximate surface area is 193 Å². The monoisotopic (exact) mass is 450 g/mol. The molecule has 1 saturated carbocycles. The second kappa shape index (κ2) is 8.62. The number of aromatic nitrogens is 2. The molecule has 5 rings (SSSR count). The molecule has 3 heterocycles. The van der Waals surface area contributed by atoms with E-state index in [0.29, 0.717) is 55.5 Å². The van der Waals surface area contributed by atoms with Crippen LogP contribution in [0.25, 0.3) is 0 Å². The van der Waals surface area contributed by atoms with E-state index in [-0.39, 0.29) is 23.3 Å². The molecule has 0 spiro atoms. The second-order valence-electron chi connectivity index (χ2n) is 9.25. The Morgan fingerprint density at radius 3 is 2.70 bits per heavy atom. The number of ether oxygens (including phenoxy) is 2. The number of nitrogen functional groups attached to an aromatic ring is 1. The third-order valence-corrected chi connectivity index (χ3v) is 6.64. The van der Waals surface area contributed by atoms with Crippen LogP contribution >= 0.6 is 0 Å². The summed E-state index contributed by atoms with van der Waals surface area (Å²) in [5.41, 5.74) is 7.91. The quantitative estimate of drug-likeness (QED) is 0.512. The fraction of sp³-hybridized carbons (Fsp3) is 0.500. The van der Waals surface area contributed by atoms with E-state index in [9.17, 15) is 4.79 Å². The lowest BCUT2D eigenvalue weighted by Gasteiger charge is -2.36. The fourth-order valence-corrected chi connectivity index (χ4v) is 4.30. The number of nitrogens with two attached hydrogens (primary N) is 1. The van der Waals surface area contributed by atoms with Crippen molar-refractivity contribution in [2.75, 3.05) is 43.4 Å². The highest BCUT2D eigenvalue weighted by Gasteiger charge is 2.40. The molecule has 0 bridgehead atoms. The zero-order chi connectivity index (χ0) is 23.0. The van der Waals surface area contributed by atoms with Crippen LogP contribution in [0.2, 0.25) is 0 Å². The first-order valence-electron chi connectivity index (χ1n) is 11.6. The lowest BCUT2D eigenvalue weighted by Crippen LogP contribution is -2.51. The van der Waals surface area contributed by atoms with Gasteiger partial charge in [-0.25, -0.2) is 9.97 Å². The molecule has 3 N–H and O–H groups in total. The van der Waals surface area contributed by atoms with Crippen molar-refractivity contribution in [3.63, 3.8) is 0 Å². The first-order chi connectivity index (χ1) is 15.9. The number of rotatable bonds is 6. The predicted molar refractivity (Wildman–Crippen MR) is 125 cm³/mol. The van der Waals surface area contributed by atoms with Crippen LogP contribution in [0, 0.1) is 5.41 Å². The normalized spacial score (nSPS) is 21.7. The highest BCUT2D eigenvalue weighted by atomic mass is 16.5. The van der Waals surface area contributed by atoms with Crippen molar-refractivity contribution in [2.24, 2.45) is 0 Å².